The van der Waals surface area contributed by atoms with Crippen LogP contribution in [-0.2, 0) is 14.3 Å². The van der Waals surface area contributed by atoms with Crippen LogP contribution in [0.4, 0.5) is 0 Å². The maximum atomic E-state index is 10.8. The van der Waals surface area contributed by atoms with Gasteiger partial charge < -0.3 is 19.4 Å². The molecule has 1 aliphatic rings. The van der Waals surface area contributed by atoms with Crippen LogP contribution in [0.1, 0.15) is 20.3 Å². The van der Waals surface area contributed by atoms with Gasteiger partial charge in [0, 0.05) is 13.5 Å². The van der Waals surface area contributed by atoms with E-state index in [1.165, 1.54) is 7.11 Å². The lowest BCUT2D eigenvalue weighted by molar-refractivity contribution is -0.239. The van der Waals surface area contributed by atoms with Gasteiger partial charge >= 0.3 is 0 Å². The highest BCUT2D eigenvalue weighted by atomic mass is 16.7. The van der Waals surface area contributed by atoms with Crippen molar-refractivity contribution in [3.8, 4) is 0 Å². The van der Waals surface area contributed by atoms with Crippen molar-refractivity contribution in [3.05, 3.63) is 0 Å². The summed E-state index contributed by atoms with van der Waals surface area (Å²) >= 11 is 0. The van der Waals surface area contributed by atoms with Crippen LogP contribution in [-0.4, -0.2) is 37.0 Å². The van der Waals surface area contributed by atoms with Crippen molar-refractivity contribution in [1.82, 2.24) is 0 Å². The summed E-state index contributed by atoms with van der Waals surface area (Å²) in [7, 11) is 1.53. The number of hydrogen-bond acceptors (Lipinski definition) is 4. The summed E-state index contributed by atoms with van der Waals surface area (Å²) in [5, 5.41) is 9.70. The standard InChI is InChI=1S/C9H16O4/c1-6-8(11)9(2,5-10)4-7(12-3)13-6/h5-8,11H,4H2,1-3H3/t6-,7+,8-,9-/m1/s1. The predicted octanol–water partition coefficient (Wildman–Crippen LogP) is 0.334. The summed E-state index contributed by atoms with van der Waals surface area (Å²) in [6, 6.07) is 0. The summed E-state index contributed by atoms with van der Waals surface area (Å²) < 4.78 is 10.3. The Hall–Kier alpha value is -0.450. The third-order valence-corrected chi connectivity index (χ3v) is 2.63. The van der Waals surface area contributed by atoms with Crippen LogP contribution in [0.2, 0.25) is 0 Å². The Bertz CT molecular complexity index is 194. The van der Waals surface area contributed by atoms with Crippen LogP contribution in [0, 0.1) is 5.41 Å². The number of rotatable bonds is 2. The van der Waals surface area contributed by atoms with Gasteiger partial charge in [-0.05, 0) is 6.92 Å². The lowest BCUT2D eigenvalue weighted by atomic mass is 9.78. The van der Waals surface area contributed by atoms with Gasteiger partial charge in [-0.15, -0.1) is 0 Å². The minimum Gasteiger partial charge on any atom is -0.389 e. The number of aliphatic hydroxyl groups excluding tert-OH is 1. The van der Waals surface area contributed by atoms with Crippen molar-refractivity contribution in [2.45, 2.75) is 38.8 Å². The number of aldehydes is 1. The van der Waals surface area contributed by atoms with Crippen molar-refractivity contribution in [1.29, 1.82) is 0 Å². The molecule has 1 heterocycles. The minimum atomic E-state index is -0.753. The van der Waals surface area contributed by atoms with Crippen LogP contribution >= 0.6 is 0 Å². The molecule has 4 nitrogen and oxygen atoms in total. The molecule has 1 saturated heterocycles. The van der Waals surface area contributed by atoms with Crippen molar-refractivity contribution in [2.75, 3.05) is 7.11 Å². The molecule has 0 spiro atoms. The zero-order chi connectivity index (χ0) is 10.1. The van der Waals surface area contributed by atoms with Gasteiger partial charge in [-0.25, -0.2) is 0 Å². The highest BCUT2D eigenvalue weighted by Gasteiger charge is 2.44. The van der Waals surface area contributed by atoms with Gasteiger partial charge in [0.15, 0.2) is 6.29 Å². The third-order valence-electron chi connectivity index (χ3n) is 2.63. The first-order valence-electron chi connectivity index (χ1n) is 4.36. The molecule has 0 aliphatic carbocycles. The second-order valence-electron chi connectivity index (χ2n) is 3.78. The van der Waals surface area contributed by atoms with Gasteiger partial charge in [0.25, 0.3) is 0 Å². The van der Waals surface area contributed by atoms with Gasteiger partial charge in [0.1, 0.15) is 6.29 Å². The molecule has 1 rings (SSSR count). The Kier molecular flexibility index (Phi) is 3.05. The van der Waals surface area contributed by atoms with Gasteiger partial charge in [-0.3, -0.25) is 0 Å². The number of carbonyl (C=O) groups is 1. The molecule has 1 N–H and O–H groups in total. The first-order valence-corrected chi connectivity index (χ1v) is 4.36. The number of methoxy groups -OCH3 is 1. The van der Waals surface area contributed by atoms with Gasteiger partial charge in [-0.1, -0.05) is 6.92 Å². The van der Waals surface area contributed by atoms with E-state index in [9.17, 15) is 9.90 Å². The molecule has 76 valence electrons. The molecule has 0 saturated carbocycles. The molecular formula is C9H16O4. The smallest absolute Gasteiger partial charge is 0.158 e. The zero-order valence-electron chi connectivity index (χ0n) is 8.19. The first kappa shape index (κ1) is 10.6. The summed E-state index contributed by atoms with van der Waals surface area (Å²) in [6.07, 6.45) is -0.333. The van der Waals surface area contributed by atoms with E-state index in [1.807, 2.05) is 0 Å². The highest BCUT2D eigenvalue weighted by molar-refractivity contribution is 5.60. The average molecular weight is 188 g/mol. The number of aliphatic hydroxyl groups is 1. The van der Waals surface area contributed by atoms with E-state index in [0.29, 0.717) is 6.42 Å². The van der Waals surface area contributed by atoms with Crippen LogP contribution in [0.25, 0.3) is 0 Å². The fraction of sp³-hybridized carbons (Fsp3) is 0.889. The summed E-state index contributed by atoms with van der Waals surface area (Å²) in [5.74, 6) is 0. The Morgan fingerprint density at radius 1 is 1.69 bits per heavy atom. The first-order chi connectivity index (χ1) is 6.03. The molecule has 0 aromatic rings. The minimum absolute atomic E-state index is 0.367. The Morgan fingerprint density at radius 3 is 2.77 bits per heavy atom. The van der Waals surface area contributed by atoms with E-state index >= 15 is 0 Å². The molecule has 0 aromatic heterocycles. The molecule has 0 aromatic carbocycles. The van der Waals surface area contributed by atoms with Crippen LogP contribution in [0.3, 0.4) is 0 Å². The van der Waals surface area contributed by atoms with Gasteiger partial charge in [0.05, 0.1) is 17.6 Å². The Labute approximate surface area is 77.8 Å². The van der Waals surface area contributed by atoms with Crippen LogP contribution in [0.5, 0.6) is 0 Å². The van der Waals surface area contributed by atoms with Crippen molar-refractivity contribution in [3.63, 3.8) is 0 Å². The summed E-state index contributed by atoms with van der Waals surface area (Å²) in [6.45, 7) is 3.45. The predicted molar refractivity (Wildman–Crippen MR) is 46.1 cm³/mol. The molecule has 1 aliphatic heterocycles. The SMILES string of the molecule is CO[C@@H]1C[C@](C)(C=O)[C@H](O)[C@@H](C)O1. The molecular weight excluding hydrogens is 172 g/mol. The molecule has 4 heteroatoms. The van der Waals surface area contributed by atoms with E-state index in [1.54, 1.807) is 13.8 Å². The van der Waals surface area contributed by atoms with E-state index in [4.69, 9.17) is 9.47 Å². The van der Waals surface area contributed by atoms with Gasteiger partial charge in [-0.2, -0.15) is 0 Å². The number of ether oxygens (including phenoxy) is 2. The quantitative estimate of drug-likeness (QED) is 0.635. The largest absolute Gasteiger partial charge is 0.389 e. The lowest BCUT2D eigenvalue weighted by Gasteiger charge is -2.41. The van der Waals surface area contributed by atoms with E-state index in [2.05, 4.69) is 0 Å². The van der Waals surface area contributed by atoms with Crippen molar-refractivity contribution in [2.24, 2.45) is 5.41 Å². The number of carbonyl (C=O) groups excluding carboxylic acids is 1. The number of hydrogen-bond donors (Lipinski definition) is 1. The second kappa shape index (κ2) is 3.74. The van der Waals surface area contributed by atoms with Crippen molar-refractivity contribution >= 4 is 6.29 Å². The summed E-state index contributed by atoms with van der Waals surface area (Å²) in [4.78, 5) is 10.8. The Morgan fingerprint density at radius 2 is 2.31 bits per heavy atom. The van der Waals surface area contributed by atoms with E-state index in [-0.39, 0.29) is 6.10 Å². The molecule has 0 bridgehead atoms. The fourth-order valence-corrected chi connectivity index (χ4v) is 1.63. The monoisotopic (exact) mass is 188 g/mol. The van der Waals surface area contributed by atoms with E-state index < -0.39 is 17.8 Å². The topological polar surface area (TPSA) is 55.8 Å². The molecule has 0 radical (unpaired) electrons. The normalized spacial score (nSPS) is 46.0. The van der Waals surface area contributed by atoms with Gasteiger partial charge in [0.2, 0.25) is 0 Å². The fourth-order valence-electron chi connectivity index (χ4n) is 1.63. The van der Waals surface area contributed by atoms with Crippen molar-refractivity contribution < 1.29 is 19.4 Å². The maximum absolute atomic E-state index is 10.8. The molecule has 1 fully saturated rings. The maximum Gasteiger partial charge on any atom is 0.158 e. The molecule has 4 atom stereocenters. The highest BCUT2D eigenvalue weighted by Crippen LogP contribution is 2.34. The molecule has 0 amide bonds. The molecule has 0 unspecified atom stereocenters. The molecule has 13 heavy (non-hydrogen) atoms. The Balaban J connectivity index is 2.77. The zero-order valence-corrected chi connectivity index (χ0v) is 8.19. The second-order valence-corrected chi connectivity index (χ2v) is 3.78. The third kappa shape index (κ3) is 1.90. The van der Waals surface area contributed by atoms with Crippen LogP contribution < -0.4 is 0 Å². The van der Waals surface area contributed by atoms with Crippen LogP contribution in [0.15, 0.2) is 0 Å². The lowest BCUT2D eigenvalue weighted by Crippen LogP contribution is -2.51. The summed E-state index contributed by atoms with van der Waals surface area (Å²) in [5.41, 5.74) is -0.752. The van der Waals surface area contributed by atoms with E-state index in [0.717, 1.165) is 6.29 Å². The average Bonchev–Trinajstić information content (AvgIpc) is 2.13.